The normalized spacial score (nSPS) is 12.0. The standard InChI is InChI=1S/C15H26N2O2/c1-11(2)17(6-7-18)14-9-12(10-19)8-13(16-14)15(3,4)5/h8-9,11,18-19H,6-7,10H2,1-5H3. The zero-order chi connectivity index (χ0) is 14.6. The summed E-state index contributed by atoms with van der Waals surface area (Å²) in [6.45, 7) is 11.1. The Morgan fingerprint density at radius 2 is 1.84 bits per heavy atom. The molecule has 0 aliphatic heterocycles. The van der Waals surface area contributed by atoms with Crippen LogP contribution in [0.5, 0.6) is 0 Å². The Kier molecular flexibility index (Phi) is 5.32. The van der Waals surface area contributed by atoms with Crippen LogP contribution in [0.4, 0.5) is 5.82 Å². The van der Waals surface area contributed by atoms with E-state index in [4.69, 9.17) is 4.98 Å². The van der Waals surface area contributed by atoms with Crippen molar-refractivity contribution in [2.75, 3.05) is 18.1 Å². The van der Waals surface area contributed by atoms with Gasteiger partial charge in [-0.1, -0.05) is 20.8 Å². The minimum Gasteiger partial charge on any atom is -0.395 e. The Bertz CT molecular complexity index is 411. The van der Waals surface area contributed by atoms with Crippen LogP contribution in [0.25, 0.3) is 0 Å². The van der Waals surface area contributed by atoms with E-state index in [9.17, 15) is 10.2 Å². The fourth-order valence-corrected chi connectivity index (χ4v) is 1.94. The van der Waals surface area contributed by atoms with Gasteiger partial charge in [0.05, 0.1) is 13.2 Å². The van der Waals surface area contributed by atoms with Crippen LogP contribution in [-0.4, -0.2) is 34.4 Å². The molecule has 0 spiro atoms. The molecule has 0 atom stereocenters. The molecule has 1 heterocycles. The Morgan fingerprint density at radius 3 is 2.26 bits per heavy atom. The maximum Gasteiger partial charge on any atom is 0.129 e. The lowest BCUT2D eigenvalue weighted by molar-refractivity contribution is 0.281. The van der Waals surface area contributed by atoms with Crippen molar-refractivity contribution in [3.05, 3.63) is 23.4 Å². The summed E-state index contributed by atoms with van der Waals surface area (Å²) in [5.41, 5.74) is 1.75. The Hall–Kier alpha value is -1.13. The number of aromatic nitrogens is 1. The molecule has 1 aromatic rings. The molecule has 0 aliphatic carbocycles. The van der Waals surface area contributed by atoms with E-state index in [1.165, 1.54) is 0 Å². The number of pyridine rings is 1. The van der Waals surface area contributed by atoms with Gasteiger partial charge in [-0.15, -0.1) is 0 Å². The SMILES string of the molecule is CC(C)N(CCO)c1cc(CO)cc(C(C)(C)C)n1. The Morgan fingerprint density at radius 1 is 1.21 bits per heavy atom. The highest BCUT2D eigenvalue weighted by molar-refractivity contribution is 5.44. The monoisotopic (exact) mass is 266 g/mol. The lowest BCUT2D eigenvalue weighted by Gasteiger charge is -2.29. The fourth-order valence-electron chi connectivity index (χ4n) is 1.94. The van der Waals surface area contributed by atoms with Crippen molar-refractivity contribution in [3.8, 4) is 0 Å². The lowest BCUT2D eigenvalue weighted by atomic mass is 9.90. The van der Waals surface area contributed by atoms with E-state index in [0.717, 1.165) is 17.1 Å². The van der Waals surface area contributed by atoms with Crippen molar-refractivity contribution in [2.45, 2.75) is 52.7 Å². The Labute approximate surface area is 116 Å². The molecule has 0 unspecified atom stereocenters. The molecule has 1 aromatic heterocycles. The van der Waals surface area contributed by atoms with Crippen LogP contribution in [0.3, 0.4) is 0 Å². The molecule has 0 radical (unpaired) electrons. The lowest BCUT2D eigenvalue weighted by Crippen LogP contribution is -2.34. The molecule has 19 heavy (non-hydrogen) atoms. The molecule has 0 amide bonds. The summed E-state index contributed by atoms with van der Waals surface area (Å²) in [4.78, 5) is 6.75. The van der Waals surface area contributed by atoms with Gasteiger partial charge in [-0.3, -0.25) is 0 Å². The van der Waals surface area contributed by atoms with Gasteiger partial charge in [0.25, 0.3) is 0 Å². The highest BCUT2D eigenvalue weighted by Crippen LogP contribution is 2.25. The molecule has 4 nitrogen and oxygen atoms in total. The smallest absolute Gasteiger partial charge is 0.129 e. The van der Waals surface area contributed by atoms with Gasteiger partial charge in [0, 0.05) is 23.7 Å². The molecule has 108 valence electrons. The molecule has 0 aliphatic rings. The molecule has 0 fully saturated rings. The predicted molar refractivity (Wildman–Crippen MR) is 78.4 cm³/mol. The van der Waals surface area contributed by atoms with Crippen LogP contribution in [-0.2, 0) is 12.0 Å². The van der Waals surface area contributed by atoms with Gasteiger partial charge in [0.15, 0.2) is 0 Å². The topological polar surface area (TPSA) is 56.6 Å². The van der Waals surface area contributed by atoms with Crippen molar-refractivity contribution >= 4 is 5.82 Å². The first-order chi connectivity index (χ1) is 8.79. The molecule has 2 N–H and O–H groups in total. The predicted octanol–water partition coefficient (Wildman–Crippen LogP) is 2.08. The minimum absolute atomic E-state index is 0.00363. The quantitative estimate of drug-likeness (QED) is 0.856. The molecule has 0 aromatic carbocycles. The fraction of sp³-hybridized carbons (Fsp3) is 0.667. The maximum absolute atomic E-state index is 9.41. The van der Waals surface area contributed by atoms with Crippen molar-refractivity contribution in [3.63, 3.8) is 0 Å². The number of nitrogens with zero attached hydrogens (tertiary/aromatic N) is 2. The van der Waals surface area contributed by atoms with Gasteiger partial charge in [0.1, 0.15) is 5.82 Å². The summed E-state index contributed by atoms with van der Waals surface area (Å²) in [7, 11) is 0. The van der Waals surface area contributed by atoms with Crippen molar-refractivity contribution in [1.82, 2.24) is 4.98 Å². The second kappa shape index (κ2) is 6.35. The first-order valence-electron chi connectivity index (χ1n) is 6.79. The van der Waals surface area contributed by atoms with E-state index in [1.807, 2.05) is 12.1 Å². The average molecular weight is 266 g/mol. The summed E-state index contributed by atoms with van der Waals surface area (Å²) in [5.74, 6) is 0.820. The molecule has 0 bridgehead atoms. The highest BCUT2D eigenvalue weighted by Gasteiger charge is 2.20. The zero-order valence-electron chi connectivity index (χ0n) is 12.6. The van der Waals surface area contributed by atoms with Crippen LogP contribution in [0, 0.1) is 0 Å². The molecule has 0 saturated carbocycles. The minimum atomic E-state index is -0.0677. The molecule has 1 rings (SSSR count). The van der Waals surface area contributed by atoms with Gasteiger partial charge in [0.2, 0.25) is 0 Å². The molecular formula is C15H26N2O2. The van der Waals surface area contributed by atoms with Gasteiger partial charge >= 0.3 is 0 Å². The summed E-state index contributed by atoms with van der Waals surface area (Å²) in [6.07, 6.45) is 0. The largest absolute Gasteiger partial charge is 0.395 e. The van der Waals surface area contributed by atoms with E-state index < -0.39 is 0 Å². The summed E-state index contributed by atoms with van der Waals surface area (Å²) < 4.78 is 0. The van der Waals surface area contributed by atoms with Gasteiger partial charge in [-0.05, 0) is 31.5 Å². The number of rotatable bonds is 5. The van der Waals surface area contributed by atoms with Crippen molar-refractivity contribution in [2.24, 2.45) is 0 Å². The molecular weight excluding hydrogens is 240 g/mol. The number of anilines is 1. The molecule has 4 heteroatoms. The van der Waals surface area contributed by atoms with Crippen molar-refractivity contribution < 1.29 is 10.2 Å². The summed E-state index contributed by atoms with van der Waals surface area (Å²) in [5, 5.41) is 18.6. The molecule has 0 saturated heterocycles. The Balaban J connectivity index is 3.25. The van der Waals surface area contributed by atoms with E-state index in [-0.39, 0.29) is 24.7 Å². The number of hydrogen-bond acceptors (Lipinski definition) is 4. The third-order valence-electron chi connectivity index (χ3n) is 3.08. The third-order valence-corrected chi connectivity index (χ3v) is 3.08. The van der Waals surface area contributed by atoms with Crippen LogP contribution in [0.15, 0.2) is 12.1 Å². The second-order valence-corrected chi connectivity index (χ2v) is 6.14. The first kappa shape index (κ1) is 15.9. The van der Waals surface area contributed by atoms with Gasteiger partial charge in [-0.2, -0.15) is 0 Å². The van der Waals surface area contributed by atoms with Crippen LogP contribution in [0.1, 0.15) is 45.9 Å². The van der Waals surface area contributed by atoms with E-state index in [1.54, 1.807) is 0 Å². The summed E-state index contributed by atoms with van der Waals surface area (Å²) >= 11 is 0. The first-order valence-corrected chi connectivity index (χ1v) is 6.79. The third kappa shape index (κ3) is 4.18. The van der Waals surface area contributed by atoms with Crippen LogP contribution in [0.2, 0.25) is 0 Å². The van der Waals surface area contributed by atoms with Crippen molar-refractivity contribution in [1.29, 1.82) is 0 Å². The van der Waals surface area contributed by atoms with Gasteiger partial charge in [-0.25, -0.2) is 4.98 Å². The number of aliphatic hydroxyl groups is 2. The zero-order valence-corrected chi connectivity index (χ0v) is 12.6. The van der Waals surface area contributed by atoms with Crippen LogP contribution >= 0.6 is 0 Å². The van der Waals surface area contributed by atoms with E-state index >= 15 is 0 Å². The second-order valence-electron chi connectivity index (χ2n) is 6.14. The number of aliphatic hydroxyl groups excluding tert-OH is 2. The average Bonchev–Trinajstić information content (AvgIpc) is 2.33. The van der Waals surface area contributed by atoms with Crippen LogP contribution < -0.4 is 4.90 Å². The maximum atomic E-state index is 9.41. The summed E-state index contributed by atoms with van der Waals surface area (Å²) in [6, 6.07) is 4.09. The number of hydrogen-bond donors (Lipinski definition) is 2. The van der Waals surface area contributed by atoms with Gasteiger partial charge < -0.3 is 15.1 Å². The van der Waals surface area contributed by atoms with E-state index in [2.05, 4.69) is 39.5 Å². The highest BCUT2D eigenvalue weighted by atomic mass is 16.3. The van der Waals surface area contributed by atoms with E-state index in [0.29, 0.717) is 6.54 Å².